The van der Waals surface area contributed by atoms with Crippen LogP contribution < -0.4 is 4.74 Å². The van der Waals surface area contributed by atoms with Crippen LogP contribution in [0.4, 0.5) is 0 Å². The number of rotatable bonds is 3. The minimum atomic E-state index is 0.111. The fraction of sp³-hybridized carbons (Fsp3) is 0.357. The number of hydrogen-bond donors (Lipinski definition) is 0. The minimum absolute atomic E-state index is 0.111. The van der Waals surface area contributed by atoms with Gasteiger partial charge in [-0.2, -0.15) is 5.26 Å². The van der Waals surface area contributed by atoms with Gasteiger partial charge in [-0.1, -0.05) is 30.7 Å². The fourth-order valence-corrected chi connectivity index (χ4v) is 2.20. The number of nitriles is 1. The molecule has 0 aliphatic heterocycles. The van der Waals surface area contributed by atoms with Crippen LogP contribution in [0.3, 0.4) is 0 Å². The number of nitrogens with zero attached hydrogens (tertiary/aromatic N) is 4. The highest BCUT2D eigenvalue weighted by molar-refractivity contribution is 6.31. The lowest BCUT2D eigenvalue weighted by Crippen LogP contribution is -2.07. The molecule has 6 heteroatoms. The van der Waals surface area contributed by atoms with Crippen molar-refractivity contribution < 1.29 is 4.74 Å². The summed E-state index contributed by atoms with van der Waals surface area (Å²) >= 11 is 6.11. The zero-order chi connectivity index (χ0) is 14.9. The summed E-state index contributed by atoms with van der Waals surface area (Å²) in [7, 11) is 1.57. The highest BCUT2D eigenvalue weighted by atomic mass is 35.5. The third-order valence-corrected chi connectivity index (χ3v) is 3.45. The van der Waals surface area contributed by atoms with Gasteiger partial charge in [-0.15, -0.1) is 5.10 Å². The Kier molecular flexibility index (Phi) is 3.96. The number of ether oxygens (including phenoxy) is 1. The van der Waals surface area contributed by atoms with Crippen LogP contribution in [-0.2, 0) is 0 Å². The van der Waals surface area contributed by atoms with E-state index in [2.05, 4.69) is 16.4 Å². The van der Waals surface area contributed by atoms with Gasteiger partial charge in [-0.3, -0.25) is 0 Å². The largest absolute Gasteiger partial charge is 0.494 e. The molecule has 0 bridgehead atoms. The Balaban J connectivity index is 2.72. The molecule has 20 heavy (non-hydrogen) atoms. The van der Waals surface area contributed by atoms with Gasteiger partial charge in [0.1, 0.15) is 17.5 Å². The quantitative estimate of drug-likeness (QED) is 0.870. The first-order valence-electron chi connectivity index (χ1n) is 6.19. The Morgan fingerprint density at radius 3 is 2.65 bits per heavy atom. The van der Waals surface area contributed by atoms with Crippen LogP contribution in [-0.4, -0.2) is 22.1 Å². The SMILES string of the molecule is COc1cc(Cl)c(C)cc1-n1nnc(C#N)c1C(C)C. The van der Waals surface area contributed by atoms with Crippen LogP contribution >= 0.6 is 11.6 Å². The molecule has 104 valence electrons. The Bertz CT molecular complexity index is 685. The monoisotopic (exact) mass is 290 g/mol. The van der Waals surface area contributed by atoms with Crippen LogP contribution in [0.5, 0.6) is 5.75 Å². The van der Waals surface area contributed by atoms with E-state index in [0.717, 1.165) is 16.9 Å². The summed E-state index contributed by atoms with van der Waals surface area (Å²) in [6, 6.07) is 5.69. The van der Waals surface area contributed by atoms with Gasteiger partial charge in [0.15, 0.2) is 5.69 Å². The average Bonchev–Trinajstić information content (AvgIpc) is 2.85. The zero-order valence-corrected chi connectivity index (χ0v) is 12.6. The number of methoxy groups -OCH3 is 1. The molecular formula is C14H15ClN4O. The van der Waals surface area contributed by atoms with Gasteiger partial charge in [0, 0.05) is 11.1 Å². The second kappa shape index (κ2) is 5.51. The van der Waals surface area contributed by atoms with Gasteiger partial charge < -0.3 is 4.74 Å². The summed E-state index contributed by atoms with van der Waals surface area (Å²) in [5.41, 5.74) is 2.72. The Morgan fingerprint density at radius 1 is 1.40 bits per heavy atom. The summed E-state index contributed by atoms with van der Waals surface area (Å²) < 4.78 is 7.00. The molecular weight excluding hydrogens is 276 g/mol. The predicted octanol–water partition coefficient (Wildman–Crippen LogP) is 3.23. The van der Waals surface area contributed by atoms with Crippen molar-refractivity contribution in [3.63, 3.8) is 0 Å². The lowest BCUT2D eigenvalue weighted by molar-refractivity contribution is 0.410. The molecule has 0 aliphatic rings. The lowest BCUT2D eigenvalue weighted by Gasteiger charge is -2.14. The predicted molar refractivity (Wildman–Crippen MR) is 76.5 cm³/mol. The van der Waals surface area contributed by atoms with E-state index >= 15 is 0 Å². The third-order valence-electron chi connectivity index (χ3n) is 3.05. The summed E-state index contributed by atoms with van der Waals surface area (Å²) in [5.74, 6) is 0.706. The van der Waals surface area contributed by atoms with Gasteiger partial charge in [0.05, 0.1) is 12.8 Å². The lowest BCUT2D eigenvalue weighted by atomic mass is 10.1. The van der Waals surface area contributed by atoms with Gasteiger partial charge in [0.25, 0.3) is 0 Å². The molecule has 1 aromatic heterocycles. The summed E-state index contributed by atoms with van der Waals surface area (Å²) in [6.45, 7) is 5.89. The molecule has 0 fully saturated rings. The second-order valence-corrected chi connectivity index (χ2v) is 5.18. The Morgan fingerprint density at radius 2 is 2.10 bits per heavy atom. The maximum atomic E-state index is 9.13. The van der Waals surface area contributed by atoms with Crippen LogP contribution in [0, 0.1) is 18.3 Å². The van der Waals surface area contributed by atoms with Crippen molar-refractivity contribution in [1.29, 1.82) is 5.26 Å². The maximum absolute atomic E-state index is 9.13. The topological polar surface area (TPSA) is 63.7 Å². The minimum Gasteiger partial charge on any atom is -0.494 e. The number of aryl methyl sites for hydroxylation is 1. The van der Waals surface area contributed by atoms with E-state index in [9.17, 15) is 0 Å². The molecule has 0 N–H and O–H groups in total. The fourth-order valence-electron chi connectivity index (χ4n) is 2.04. The molecule has 0 spiro atoms. The van der Waals surface area contributed by atoms with Gasteiger partial charge >= 0.3 is 0 Å². The standard InChI is InChI=1S/C14H15ClN4O/c1-8(2)14-11(7-16)17-18-19(14)12-5-9(3)10(15)6-13(12)20-4/h5-6,8H,1-4H3. The number of hydrogen-bond acceptors (Lipinski definition) is 4. The Hall–Kier alpha value is -2.06. The third kappa shape index (κ3) is 2.35. The molecule has 5 nitrogen and oxygen atoms in total. The highest BCUT2D eigenvalue weighted by Gasteiger charge is 2.20. The first-order chi connectivity index (χ1) is 9.49. The van der Waals surface area contributed by atoms with E-state index in [4.69, 9.17) is 21.6 Å². The van der Waals surface area contributed by atoms with Crippen molar-refractivity contribution in [2.75, 3.05) is 7.11 Å². The van der Waals surface area contributed by atoms with E-state index < -0.39 is 0 Å². The van der Waals surface area contributed by atoms with E-state index in [1.165, 1.54) is 0 Å². The van der Waals surface area contributed by atoms with Crippen molar-refractivity contribution >= 4 is 11.6 Å². The van der Waals surface area contributed by atoms with Gasteiger partial charge in [0.2, 0.25) is 0 Å². The van der Waals surface area contributed by atoms with Crippen molar-refractivity contribution in [3.8, 4) is 17.5 Å². The molecule has 0 aliphatic carbocycles. The molecule has 0 atom stereocenters. The van der Waals surface area contributed by atoms with E-state index in [-0.39, 0.29) is 5.92 Å². The molecule has 1 heterocycles. The molecule has 0 saturated carbocycles. The summed E-state index contributed by atoms with van der Waals surface area (Å²) in [4.78, 5) is 0. The van der Waals surface area contributed by atoms with Crippen LogP contribution in [0.25, 0.3) is 5.69 Å². The highest BCUT2D eigenvalue weighted by Crippen LogP contribution is 2.31. The Labute approximate surface area is 122 Å². The van der Waals surface area contributed by atoms with Crippen LogP contribution in [0.1, 0.15) is 36.7 Å². The van der Waals surface area contributed by atoms with Crippen molar-refractivity contribution in [1.82, 2.24) is 15.0 Å². The maximum Gasteiger partial charge on any atom is 0.186 e. The molecule has 2 aromatic rings. The van der Waals surface area contributed by atoms with Gasteiger partial charge in [-0.25, -0.2) is 4.68 Å². The number of aromatic nitrogens is 3. The van der Waals surface area contributed by atoms with Crippen LogP contribution in [0.2, 0.25) is 5.02 Å². The van der Waals surface area contributed by atoms with Gasteiger partial charge in [-0.05, 0) is 24.5 Å². The molecule has 0 amide bonds. The van der Waals surface area contributed by atoms with Crippen LogP contribution in [0.15, 0.2) is 12.1 Å². The molecule has 0 saturated heterocycles. The molecule has 0 radical (unpaired) electrons. The van der Waals surface area contributed by atoms with E-state index in [1.807, 2.05) is 26.8 Å². The van der Waals surface area contributed by atoms with E-state index in [0.29, 0.717) is 16.5 Å². The molecule has 0 unspecified atom stereocenters. The van der Waals surface area contributed by atoms with Crippen molar-refractivity contribution in [2.45, 2.75) is 26.7 Å². The number of halogens is 1. The number of benzene rings is 1. The summed E-state index contributed by atoms with van der Waals surface area (Å²) in [5, 5.41) is 17.8. The summed E-state index contributed by atoms with van der Waals surface area (Å²) in [6.07, 6.45) is 0. The first-order valence-corrected chi connectivity index (χ1v) is 6.57. The second-order valence-electron chi connectivity index (χ2n) is 4.77. The zero-order valence-electron chi connectivity index (χ0n) is 11.8. The molecule has 2 rings (SSSR count). The molecule has 1 aromatic carbocycles. The smallest absolute Gasteiger partial charge is 0.186 e. The van der Waals surface area contributed by atoms with E-state index in [1.54, 1.807) is 17.9 Å². The average molecular weight is 291 g/mol. The normalized spacial score (nSPS) is 10.7. The van der Waals surface area contributed by atoms with Crippen molar-refractivity contribution in [2.24, 2.45) is 0 Å². The first kappa shape index (κ1) is 14.4. The van der Waals surface area contributed by atoms with Crippen molar-refractivity contribution in [3.05, 3.63) is 34.1 Å².